The zero-order chi connectivity index (χ0) is 23.7. The van der Waals surface area contributed by atoms with Crippen LogP contribution in [-0.2, 0) is 29.6 Å². The molecule has 0 bridgehead atoms. The molecule has 1 heterocycles. The van der Waals surface area contributed by atoms with Crippen molar-refractivity contribution in [3.63, 3.8) is 0 Å². The molecule has 0 saturated heterocycles. The molecule has 0 aliphatic heterocycles. The maximum absolute atomic E-state index is 13.9. The van der Waals surface area contributed by atoms with Gasteiger partial charge >= 0.3 is 11.9 Å². The average Bonchev–Trinajstić information content (AvgIpc) is 2.96. The minimum absolute atomic E-state index is 0.0938. The van der Waals surface area contributed by atoms with E-state index in [1.807, 2.05) is 0 Å². The van der Waals surface area contributed by atoms with E-state index in [0.717, 1.165) is 21.4 Å². The summed E-state index contributed by atoms with van der Waals surface area (Å²) in [5, 5.41) is 6.60. The van der Waals surface area contributed by atoms with Crippen LogP contribution in [0, 0.1) is 5.82 Å². The number of nitrogens with one attached hydrogen (secondary N) is 1. The Bertz CT molecular complexity index is 1200. The zero-order valence-corrected chi connectivity index (χ0v) is 18.7. The van der Waals surface area contributed by atoms with Gasteiger partial charge in [0.1, 0.15) is 12.4 Å². The van der Waals surface area contributed by atoms with Crippen molar-refractivity contribution in [1.82, 2.24) is 19.7 Å². The Morgan fingerprint density at radius 1 is 1.09 bits per heavy atom. The third-order valence-corrected chi connectivity index (χ3v) is 5.41. The highest BCUT2D eigenvalue weighted by molar-refractivity contribution is 9.10. The van der Waals surface area contributed by atoms with E-state index >= 15 is 0 Å². The smallest absolute Gasteiger partial charge is 0.346 e. The van der Waals surface area contributed by atoms with E-state index in [2.05, 4.69) is 26.3 Å². The van der Waals surface area contributed by atoms with Crippen molar-refractivity contribution in [2.45, 2.75) is 38.7 Å². The van der Waals surface area contributed by atoms with Gasteiger partial charge in [-0.25, -0.2) is 13.9 Å². The standard InChI is InChI=1S/C21H19BrF4N4O2/c1-20(2,14-7-5-8-15(10-14)21(24,25)26)27-17(31)12-30-19(32)29(18(22)28-30)11-13-6-3-4-9-16(13)23/h3-10H,11-12H2,1-2H3,(H,27,31). The largest absolute Gasteiger partial charge is 0.416 e. The Kier molecular flexibility index (Phi) is 6.59. The Balaban J connectivity index is 1.77. The van der Waals surface area contributed by atoms with Crippen molar-refractivity contribution in [2.75, 3.05) is 0 Å². The highest BCUT2D eigenvalue weighted by Crippen LogP contribution is 2.32. The molecular formula is C21H19BrF4N4O2. The number of benzene rings is 2. The topological polar surface area (TPSA) is 68.9 Å². The molecule has 11 heteroatoms. The highest BCUT2D eigenvalue weighted by Gasteiger charge is 2.32. The lowest BCUT2D eigenvalue weighted by molar-refractivity contribution is -0.137. The fourth-order valence-electron chi connectivity index (χ4n) is 3.13. The third kappa shape index (κ3) is 5.26. The van der Waals surface area contributed by atoms with Gasteiger partial charge in [0.2, 0.25) is 10.6 Å². The maximum Gasteiger partial charge on any atom is 0.416 e. The summed E-state index contributed by atoms with van der Waals surface area (Å²) in [6.45, 7) is 2.54. The number of nitrogens with zero attached hydrogens (tertiary/aromatic N) is 3. The minimum atomic E-state index is -4.51. The van der Waals surface area contributed by atoms with Crippen LogP contribution in [0.2, 0.25) is 0 Å². The Hall–Kier alpha value is -2.95. The third-order valence-electron chi connectivity index (χ3n) is 4.82. The number of aromatic nitrogens is 3. The van der Waals surface area contributed by atoms with Crippen LogP contribution < -0.4 is 11.0 Å². The van der Waals surface area contributed by atoms with E-state index in [1.54, 1.807) is 19.9 Å². The van der Waals surface area contributed by atoms with Crippen molar-refractivity contribution >= 4 is 21.8 Å². The number of carbonyl (C=O) groups excluding carboxylic acids is 1. The summed E-state index contributed by atoms with van der Waals surface area (Å²) in [6.07, 6.45) is -4.51. The summed E-state index contributed by atoms with van der Waals surface area (Å²) in [5.41, 5.74) is -2.10. The average molecular weight is 515 g/mol. The molecule has 0 saturated carbocycles. The van der Waals surface area contributed by atoms with E-state index in [4.69, 9.17) is 0 Å². The summed E-state index contributed by atoms with van der Waals surface area (Å²) in [7, 11) is 0. The summed E-state index contributed by atoms with van der Waals surface area (Å²) in [5.74, 6) is -1.11. The van der Waals surface area contributed by atoms with Crippen LogP contribution in [-0.4, -0.2) is 20.3 Å². The molecule has 2 aromatic carbocycles. The Morgan fingerprint density at radius 3 is 2.41 bits per heavy atom. The molecule has 1 amide bonds. The van der Waals surface area contributed by atoms with Crippen LogP contribution in [0.4, 0.5) is 17.6 Å². The molecule has 0 atom stereocenters. The molecule has 0 aliphatic rings. The summed E-state index contributed by atoms with van der Waals surface area (Å²) in [6, 6.07) is 10.6. The Labute approximate surface area is 189 Å². The van der Waals surface area contributed by atoms with Crippen LogP contribution >= 0.6 is 15.9 Å². The lowest BCUT2D eigenvalue weighted by Crippen LogP contribution is -2.44. The minimum Gasteiger partial charge on any atom is -0.346 e. The fraction of sp³-hybridized carbons (Fsp3) is 0.286. The molecule has 3 rings (SSSR count). The van der Waals surface area contributed by atoms with E-state index in [0.29, 0.717) is 0 Å². The van der Waals surface area contributed by atoms with E-state index in [1.165, 1.54) is 30.3 Å². The van der Waals surface area contributed by atoms with Gasteiger partial charge in [0.15, 0.2) is 0 Å². The molecular weight excluding hydrogens is 496 g/mol. The predicted octanol–water partition coefficient (Wildman–Crippen LogP) is 4.07. The van der Waals surface area contributed by atoms with Gasteiger partial charge in [-0.05, 0) is 53.5 Å². The SMILES string of the molecule is CC(C)(NC(=O)Cn1nc(Br)n(Cc2ccccc2F)c1=O)c1cccc(C(F)(F)F)c1. The van der Waals surface area contributed by atoms with Gasteiger partial charge in [-0.1, -0.05) is 30.3 Å². The molecule has 0 fully saturated rings. The molecule has 0 radical (unpaired) electrons. The molecule has 6 nitrogen and oxygen atoms in total. The van der Waals surface area contributed by atoms with Crippen LogP contribution in [0.3, 0.4) is 0 Å². The number of rotatable bonds is 6. The predicted molar refractivity (Wildman–Crippen MR) is 112 cm³/mol. The Morgan fingerprint density at radius 2 is 1.75 bits per heavy atom. The number of hydrogen-bond donors (Lipinski definition) is 1. The van der Waals surface area contributed by atoms with Gasteiger partial charge in [0, 0.05) is 5.56 Å². The second-order valence-electron chi connectivity index (χ2n) is 7.64. The zero-order valence-electron chi connectivity index (χ0n) is 17.1. The lowest BCUT2D eigenvalue weighted by Gasteiger charge is -2.27. The summed E-state index contributed by atoms with van der Waals surface area (Å²) < 4.78 is 55.1. The molecule has 0 spiro atoms. The van der Waals surface area contributed by atoms with Gasteiger partial charge in [-0.15, -0.1) is 5.10 Å². The number of hydrogen-bond acceptors (Lipinski definition) is 3. The fourth-order valence-corrected chi connectivity index (χ4v) is 3.60. The number of halogens is 5. The first-order chi connectivity index (χ1) is 14.9. The summed E-state index contributed by atoms with van der Waals surface area (Å²) in [4.78, 5) is 25.2. The maximum atomic E-state index is 13.9. The van der Waals surface area contributed by atoms with Crippen LogP contribution in [0.25, 0.3) is 0 Å². The second-order valence-corrected chi connectivity index (χ2v) is 8.35. The molecule has 1 aromatic heterocycles. The van der Waals surface area contributed by atoms with Crippen molar-refractivity contribution in [2.24, 2.45) is 0 Å². The molecule has 170 valence electrons. The van der Waals surface area contributed by atoms with Crippen molar-refractivity contribution < 1.29 is 22.4 Å². The van der Waals surface area contributed by atoms with E-state index < -0.39 is 41.2 Å². The first kappa shape index (κ1) is 23.7. The van der Waals surface area contributed by atoms with Gasteiger partial charge in [-0.3, -0.25) is 9.36 Å². The summed E-state index contributed by atoms with van der Waals surface area (Å²) >= 11 is 3.13. The van der Waals surface area contributed by atoms with Gasteiger partial charge in [0.25, 0.3) is 0 Å². The molecule has 32 heavy (non-hydrogen) atoms. The molecule has 0 aliphatic carbocycles. The molecule has 3 aromatic rings. The van der Waals surface area contributed by atoms with Gasteiger partial charge < -0.3 is 5.32 Å². The van der Waals surface area contributed by atoms with Gasteiger partial charge in [-0.2, -0.15) is 13.2 Å². The lowest BCUT2D eigenvalue weighted by atomic mass is 9.92. The van der Waals surface area contributed by atoms with Crippen LogP contribution in [0.5, 0.6) is 0 Å². The highest BCUT2D eigenvalue weighted by atomic mass is 79.9. The van der Waals surface area contributed by atoms with Crippen LogP contribution in [0.15, 0.2) is 58.1 Å². The van der Waals surface area contributed by atoms with Crippen molar-refractivity contribution in [3.05, 3.63) is 86.3 Å². The van der Waals surface area contributed by atoms with Crippen molar-refractivity contribution in [3.8, 4) is 0 Å². The molecule has 1 N–H and O–H groups in total. The normalized spacial score (nSPS) is 12.1. The van der Waals surface area contributed by atoms with Crippen LogP contribution in [0.1, 0.15) is 30.5 Å². The van der Waals surface area contributed by atoms with Gasteiger partial charge in [0.05, 0.1) is 17.6 Å². The quantitative estimate of drug-likeness (QED) is 0.504. The monoisotopic (exact) mass is 514 g/mol. The molecule has 0 unspecified atom stereocenters. The number of amides is 1. The van der Waals surface area contributed by atoms with E-state index in [9.17, 15) is 27.2 Å². The number of alkyl halides is 3. The van der Waals surface area contributed by atoms with E-state index in [-0.39, 0.29) is 22.4 Å². The van der Waals surface area contributed by atoms with Crippen molar-refractivity contribution in [1.29, 1.82) is 0 Å². The second kappa shape index (κ2) is 8.89. The first-order valence-electron chi connectivity index (χ1n) is 9.44. The first-order valence-corrected chi connectivity index (χ1v) is 10.2. The number of carbonyl (C=O) groups is 1.